The third-order valence-electron chi connectivity index (χ3n) is 3.88. The lowest BCUT2D eigenvalue weighted by Gasteiger charge is -2.11. The first-order chi connectivity index (χ1) is 11.1. The second-order valence-electron chi connectivity index (χ2n) is 5.65. The average Bonchev–Trinajstić information content (AvgIpc) is 2.54. The Morgan fingerprint density at radius 1 is 1.04 bits per heavy atom. The van der Waals surface area contributed by atoms with E-state index in [0.717, 1.165) is 18.4 Å². The highest BCUT2D eigenvalue weighted by atomic mass is 19.1. The normalized spacial score (nSPS) is 10.6. The summed E-state index contributed by atoms with van der Waals surface area (Å²) in [6.07, 6.45) is 2.42. The largest absolute Gasteiger partial charge is 0.491 e. The number of hydrogen-bond acceptors (Lipinski definition) is 2. The fraction of sp³-hybridized carbons (Fsp3) is 0.350. The molecule has 0 atom stereocenters. The summed E-state index contributed by atoms with van der Waals surface area (Å²) in [5.41, 5.74) is 2.99. The summed E-state index contributed by atoms with van der Waals surface area (Å²) in [6.45, 7) is 5.96. The van der Waals surface area contributed by atoms with Gasteiger partial charge in [0.05, 0.1) is 6.61 Å². The first kappa shape index (κ1) is 17.2. The summed E-state index contributed by atoms with van der Waals surface area (Å²) in [4.78, 5) is 12.5. The quantitative estimate of drug-likeness (QED) is 0.679. The van der Waals surface area contributed by atoms with E-state index in [1.807, 2.05) is 12.1 Å². The molecule has 0 saturated carbocycles. The van der Waals surface area contributed by atoms with Gasteiger partial charge in [-0.1, -0.05) is 37.6 Å². The van der Waals surface area contributed by atoms with Gasteiger partial charge in [-0.25, -0.2) is 4.39 Å². The maximum absolute atomic E-state index is 14.2. The molecule has 0 saturated heterocycles. The first-order valence-corrected chi connectivity index (χ1v) is 8.09. The minimum absolute atomic E-state index is 0.0762. The first-order valence-electron chi connectivity index (χ1n) is 8.09. The Labute approximate surface area is 137 Å². The summed E-state index contributed by atoms with van der Waals surface area (Å²) in [7, 11) is 0. The monoisotopic (exact) mass is 314 g/mol. The van der Waals surface area contributed by atoms with Crippen LogP contribution in [0, 0.1) is 12.7 Å². The summed E-state index contributed by atoms with van der Waals surface area (Å²) >= 11 is 0. The van der Waals surface area contributed by atoms with Gasteiger partial charge in [-0.15, -0.1) is 0 Å². The maximum atomic E-state index is 14.2. The van der Waals surface area contributed by atoms with Crippen molar-refractivity contribution >= 4 is 5.78 Å². The number of carbonyl (C=O) groups is 1. The molecule has 0 aromatic heterocycles. The standard InChI is InChI=1S/C20H23FO2/c1-4-6-15-7-9-16(10-8-15)13-18(22)17-11-12-19(23-5-2)20(21)14(17)3/h7-12H,4-6,13H2,1-3H3. The van der Waals surface area contributed by atoms with Crippen molar-refractivity contribution in [1.29, 1.82) is 0 Å². The Balaban J connectivity index is 2.15. The molecule has 0 spiro atoms. The highest BCUT2D eigenvalue weighted by Crippen LogP contribution is 2.24. The molecular formula is C20H23FO2. The molecular weight excluding hydrogens is 291 g/mol. The van der Waals surface area contributed by atoms with Crippen LogP contribution in [-0.4, -0.2) is 12.4 Å². The molecule has 0 radical (unpaired) electrons. The molecule has 0 N–H and O–H groups in total. The topological polar surface area (TPSA) is 26.3 Å². The minimum atomic E-state index is -0.448. The molecule has 0 fully saturated rings. The van der Waals surface area contributed by atoms with Crippen molar-refractivity contribution < 1.29 is 13.9 Å². The van der Waals surface area contributed by atoms with E-state index in [4.69, 9.17) is 4.74 Å². The van der Waals surface area contributed by atoms with Gasteiger partial charge in [0.2, 0.25) is 0 Å². The van der Waals surface area contributed by atoms with Crippen LogP contribution < -0.4 is 4.74 Å². The Bertz CT molecular complexity index is 675. The Morgan fingerprint density at radius 2 is 1.70 bits per heavy atom. The lowest BCUT2D eigenvalue weighted by atomic mass is 9.97. The van der Waals surface area contributed by atoms with Crippen LogP contribution in [0.5, 0.6) is 5.75 Å². The van der Waals surface area contributed by atoms with Crippen LogP contribution in [0.2, 0.25) is 0 Å². The lowest BCUT2D eigenvalue weighted by molar-refractivity contribution is 0.0992. The van der Waals surface area contributed by atoms with E-state index in [1.165, 1.54) is 11.6 Å². The van der Waals surface area contributed by atoms with Crippen molar-refractivity contribution in [3.8, 4) is 5.75 Å². The summed E-state index contributed by atoms with van der Waals surface area (Å²) in [6, 6.07) is 11.2. The summed E-state index contributed by atoms with van der Waals surface area (Å²) in [5.74, 6) is -0.325. The van der Waals surface area contributed by atoms with Gasteiger partial charge in [0, 0.05) is 12.0 Å². The molecule has 0 unspecified atom stereocenters. The number of hydrogen-bond donors (Lipinski definition) is 0. The van der Waals surface area contributed by atoms with Crippen LogP contribution in [0.15, 0.2) is 36.4 Å². The predicted molar refractivity (Wildman–Crippen MR) is 90.8 cm³/mol. The minimum Gasteiger partial charge on any atom is -0.491 e. The number of halogens is 1. The number of benzene rings is 2. The SMILES string of the molecule is CCCc1ccc(CC(=O)c2ccc(OCC)c(F)c2C)cc1. The summed E-state index contributed by atoms with van der Waals surface area (Å²) in [5, 5.41) is 0. The van der Waals surface area contributed by atoms with Crippen molar-refractivity contribution in [3.05, 3.63) is 64.5 Å². The molecule has 2 aromatic carbocycles. The van der Waals surface area contributed by atoms with Crippen molar-refractivity contribution in [2.24, 2.45) is 0 Å². The zero-order valence-electron chi connectivity index (χ0n) is 14.0. The van der Waals surface area contributed by atoms with Crippen LogP contribution in [0.3, 0.4) is 0 Å². The summed E-state index contributed by atoms with van der Waals surface area (Å²) < 4.78 is 19.4. The number of aryl methyl sites for hydroxylation is 1. The number of ether oxygens (including phenoxy) is 1. The van der Waals surface area contributed by atoms with Gasteiger partial charge in [-0.2, -0.15) is 0 Å². The molecule has 23 heavy (non-hydrogen) atoms. The molecule has 0 aliphatic rings. The molecule has 3 heteroatoms. The van der Waals surface area contributed by atoms with Crippen LogP contribution in [-0.2, 0) is 12.8 Å². The van der Waals surface area contributed by atoms with Crippen molar-refractivity contribution in [2.45, 2.75) is 40.0 Å². The second kappa shape index (κ2) is 7.91. The van der Waals surface area contributed by atoms with Crippen LogP contribution in [0.25, 0.3) is 0 Å². The van der Waals surface area contributed by atoms with Crippen LogP contribution in [0.4, 0.5) is 4.39 Å². The van der Waals surface area contributed by atoms with E-state index in [1.54, 1.807) is 19.9 Å². The predicted octanol–water partition coefficient (Wildman–Crippen LogP) is 4.91. The zero-order valence-corrected chi connectivity index (χ0v) is 14.0. The van der Waals surface area contributed by atoms with Crippen LogP contribution in [0.1, 0.15) is 47.3 Å². The van der Waals surface area contributed by atoms with E-state index < -0.39 is 5.82 Å². The van der Waals surface area contributed by atoms with Crippen LogP contribution >= 0.6 is 0 Å². The van der Waals surface area contributed by atoms with Gasteiger partial charge in [-0.3, -0.25) is 4.79 Å². The van der Waals surface area contributed by atoms with E-state index in [2.05, 4.69) is 19.1 Å². The highest BCUT2D eigenvalue weighted by Gasteiger charge is 2.16. The third kappa shape index (κ3) is 4.19. The molecule has 2 nitrogen and oxygen atoms in total. The fourth-order valence-electron chi connectivity index (χ4n) is 2.62. The van der Waals surface area contributed by atoms with Gasteiger partial charge in [0.15, 0.2) is 17.3 Å². The molecule has 0 aliphatic carbocycles. The van der Waals surface area contributed by atoms with Crippen molar-refractivity contribution in [1.82, 2.24) is 0 Å². The fourth-order valence-corrected chi connectivity index (χ4v) is 2.62. The van der Waals surface area contributed by atoms with Gasteiger partial charge < -0.3 is 4.74 Å². The van der Waals surface area contributed by atoms with E-state index in [0.29, 0.717) is 17.7 Å². The second-order valence-corrected chi connectivity index (χ2v) is 5.65. The maximum Gasteiger partial charge on any atom is 0.168 e. The Kier molecular flexibility index (Phi) is 5.91. The number of rotatable bonds is 7. The Hall–Kier alpha value is -2.16. The van der Waals surface area contributed by atoms with Gasteiger partial charge in [-0.05, 0) is 49.1 Å². The smallest absolute Gasteiger partial charge is 0.168 e. The lowest BCUT2D eigenvalue weighted by Crippen LogP contribution is -2.08. The number of carbonyl (C=O) groups excluding carboxylic acids is 1. The molecule has 0 aliphatic heterocycles. The molecule has 0 bridgehead atoms. The van der Waals surface area contributed by atoms with E-state index >= 15 is 0 Å². The van der Waals surface area contributed by atoms with Gasteiger partial charge in [0.1, 0.15) is 0 Å². The highest BCUT2D eigenvalue weighted by molar-refractivity contribution is 5.99. The number of ketones is 1. The van der Waals surface area contributed by atoms with E-state index in [-0.39, 0.29) is 18.0 Å². The average molecular weight is 314 g/mol. The molecule has 0 heterocycles. The van der Waals surface area contributed by atoms with Crippen molar-refractivity contribution in [2.75, 3.05) is 6.61 Å². The van der Waals surface area contributed by atoms with Gasteiger partial charge in [0.25, 0.3) is 0 Å². The molecule has 0 amide bonds. The van der Waals surface area contributed by atoms with Gasteiger partial charge >= 0.3 is 0 Å². The van der Waals surface area contributed by atoms with Crippen molar-refractivity contribution in [3.63, 3.8) is 0 Å². The van der Waals surface area contributed by atoms with E-state index in [9.17, 15) is 9.18 Å². The molecule has 2 rings (SSSR count). The Morgan fingerprint density at radius 3 is 2.30 bits per heavy atom. The zero-order chi connectivity index (χ0) is 16.8. The molecule has 122 valence electrons. The third-order valence-corrected chi connectivity index (χ3v) is 3.88. The molecule has 2 aromatic rings. The number of Topliss-reactive ketones (excluding diaryl/α,β-unsaturated/α-hetero) is 1.